The van der Waals surface area contributed by atoms with E-state index in [2.05, 4.69) is 5.32 Å². The van der Waals surface area contributed by atoms with Crippen molar-refractivity contribution in [2.75, 3.05) is 17.2 Å². The molecule has 0 unspecified atom stereocenters. The van der Waals surface area contributed by atoms with Gasteiger partial charge in [0, 0.05) is 11.6 Å². The topological polar surface area (TPSA) is 136 Å². The number of nitrogens with one attached hydrogen (secondary N) is 1. The number of anilines is 1. The molecule has 0 aromatic heterocycles. The molecule has 4 N–H and O–H groups in total. The number of hydrogen-bond acceptors (Lipinski definition) is 6. The van der Waals surface area contributed by atoms with E-state index in [1.54, 1.807) is 11.8 Å². The highest BCUT2D eigenvalue weighted by Crippen LogP contribution is 2.28. The van der Waals surface area contributed by atoms with E-state index in [0.717, 1.165) is 6.07 Å². The predicted octanol–water partition coefficient (Wildman–Crippen LogP) is 1.26. The van der Waals surface area contributed by atoms with Crippen LogP contribution in [0.4, 0.5) is 11.4 Å². The first-order chi connectivity index (χ1) is 10.4. The van der Waals surface area contributed by atoms with E-state index < -0.39 is 22.3 Å². The van der Waals surface area contributed by atoms with Crippen molar-refractivity contribution in [2.45, 2.75) is 18.4 Å². The molecule has 1 fully saturated rings. The largest absolute Gasteiger partial charge is 0.480 e. The third-order valence-corrected chi connectivity index (χ3v) is 4.58. The second-order valence-electron chi connectivity index (χ2n) is 4.98. The standard InChI is InChI=1S/C13H15N3O5S/c14-9-2-1-8(7-10(9)16(20)21)11(17)15-13(12(18)19)3-5-22-6-4-13/h1-2,7H,3-6,14H2,(H,15,17)(H,18,19). The number of amides is 1. The minimum atomic E-state index is -1.32. The average Bonchev–Trinajstić information content (AvgIpc) is 2.48. The highest BCUT2D eigenvalue weighted by Gasteiger charge is 2.41. The van der Waals surface area contributed by atoms with Gasteiger partial charge in [-0.05, 0) is 36.5 Å². The fourth-order valence-electron chi connectivity index (χ4n) is 2.24. The molecule has 1 amide bonds. The second-order valence-corrected chi connectivity index (χ2v) is 6.21. The Labute approximate surface area is 130 Å². The van der Waals surface area contributed by atoms with E-state index in [0.29, 0.717) is 24.3 Å². The van der Waals surface area contributed by atoms with Gasteiger partial charge in [-0.3, -0.25) is 14.9 Å². The van der Waals surface area contributed by atoms with Gasteiger partial charge in [0.15, 0.2) is 0 Å². The van der Waals surface area contributed by atoms with E-state index in [-0.39, 0.29) is 16.9 Å². The SMILES string of the molecule is Nc1ccc(C(=O)NC2(C(=O)O)CCSCC2)cc1[N+](=O)[O-]. The molecule has 1 saturated heterocycles. The number of nitrogen functional groups attached to an aromatic ring is 1. The fraction of sp³-hybridized carbons (Fsp3) is 0.385. The molecular weight excluding hydrogens is 310 g/mol. The fourth-order valence-corrected chi connectivity index (χ4v) is 3.43. The molecule has 1 aliphatic rings. The van der Waals surface area contributed by atoms with E-state index in [1.807, 2.05) is 0 Å². The van der Waals surface area contributed by atoms with Crippen LogP contribution in [0.3, 0.4) is 0 Å². The zero-order valence-electron chi connectivity index (χ0n) is 11.6. The van der Waals surface area contributed by atoms with Crippen molar-refractivity contribution in [3.05, 3.63) is 33.9 Å². The van der Waals surface area contributed by atoms with Crippen LogP contribution >= 0.6 is 11.8 Å². The molecule has 1 aromatic rings. The van der Waals surface area contributed by atoms with Crippen LogP contribution in [0.1, 0.15) is 23.2 Å². The first kappa shape index (κ1) is 16.1. The van der Waals surface area contributed by atoms with Crippen molar-refractivity contribution in [2.24, 2.45) is 0 Å². The Morgan fingerprint density at radius 3 is 2.55 bits per heavy atom. The summed E-state index contributed by atoms with van der Waals surface area (Å²) in [5.41, 5.74) is 3.74. The maximum Gasteiger partial charge on any atom is 0.329 e. The summed E-state index contributed by atoms with van der Waals surface area (Å²) in [6.07, 6.45) is 0.631. The molecule has 8 nitrogen and oxygen atoms in total. The van der Waals surface area contributed by atoms with Crippen molar-refractivity contribution in [3.8, 4) is 0 Å². The van der Waals surface area contributed by atoms with Gasteiger partial charge < -0.3 is 16.2 Å². The van der Waals surface area contributed by atoms with Crippen molar-refractivity contribution >= 4 is 35.0 Å². The molecule has 2 rings (SSSR count). The van der Waals surface area contributed by atoms with Gasteiger partial charge in [0.05, 0.1) is 4.92 Å². The number of nitro groups is 1. The van der Waals surface area contributed by atoms with Crippen LogP contribution in [0.25, 0.3) is 0 Å². The van der Waals surface area contributed by atoms with Gasteiger partial charge in [-0.25, -0.2) is 4.79 Å². The molecule has 22 heavy (non-hydrogen) atoms. The zero-order valence-corrected chi connectivity index (χ0v) is 12.4. The number of thioether (sulfide) groups is 1. The molecule has 1 heterocycles. The number of nitrogens with two attached hydrogens (primary N) is 1. The third-order valence-electron chi connectivity index (χ3n) is 3.60. The van der Waals surface area contributed by atoms with Gasteiger partial charge in [-0.15, -0.1) is 0 Å². The van der Waals surface area contributed by atoms with Crippen LogP contribution in [-0.4, -0.2) is 39.0 Å². The summed E-state index contributed by atoms with van der Waals surface area (Å²) in [5, 5.41) is 22.8. The molecular formula is C13H15N3O5S. The van der Waals surface area contributed by atoms with E-state index in [9.17, 15) is 24.8 Å². The molecule has 0 atom stereocenters. The number of hydrogen-bond donors (Lipinski definition) is 3. The van der Waals surface area contributed by atoms with E-state index in [4.69, 9.17) is 5.73 Å². The second kappa shape index (κ2) is 6.22. The van der Waals surface area contributed by atoms with Crippen LogP contribution in [0.15, 0.2) is 18.2 Å². The average molecular weight is 325 g/mol. The minimum Gasteiger partial charge on any atom is -0.480 e. The number of carbonyl (C=O) groups excluding carboxylic acids is 1. The normalized spacial score (nSPS) is 16.7. The highest BCUT2D eigenvalue weighted by atomic mass is 32.2. The van der Waals surface area contributed by atoms with Crippen LogP contribution in [-0.2, 0) is 4.79 Å². The smallest absolute Gasteiger partial charge is 0.329 e. The van der Waals surface area contributed by atoms with Crippen molar-refractivity contribution in [3.63, 3.8) is 0 Å². The summed E-state index contributed by atoms with van der Waals surface area (Å²) in [6, 6.07) is 3.65. The Kier molecular flexibility index (Phi) is 4.55. The van der Waals surface area contributed by atoms with E-state index in [1.165, 1.54) is 12.1 Å². The van der Waals surface area contributed by atoms with Gasteiger partial charge in [-0.1, -0.05) is 0 Å². The van der Waals surface area contributed by atoms with E-state index >= 15 is 0 Å². The molecule has 0 aliphatic carbocycles. The number of rotatable bonds is 4. The molecule has 0 saturated carbocycles. The maximum atomic E-state index is 12.3. The first-order valence-electron chi connectivity index (χ1n) is 6.53. The monoisotopic (exact) mass is 325 g/mol. The van der Waals surface area contributed by atoms with Crippen LogP contribution < -0.4 is 11.1 Å². The Morgan fingerprint density at radius 1 is 1.36 bits per heavy atom. The van der Waals surface area contributed by atoms with Crippen LogP contribution in [0.5, 0.6) is 0 Å². The zero-order chi connectivity index (χ0) is 16.3. The molecule has 1 aliphatic heterocycles. The maximum absolute atomic E-state index is 12.3. The number of nitro benzene ring substituents is 1. The molecule has 0 spiro atoms. The van der Waals surface area contributed by atoms with Crippen LogP contribution in [0.2, 0.25) is 0 Å². The van der Waals surface area contributed by atoms with Gasteiger partial charge in [0.25, 0.3) is 11.6 Å². The number of carbonyl (C=O) groups is 2. The molecule has 1 aromatic carbocycles. The summed E-state index contributed by atoms with van der Waals surface area (Å²) in [5.74, 6) is -0.480. The van der Waals surface area contributed by atoms with Crippen molar-refractivity contribution in [1.82, 2.24) is 5.32 Å². The molecule has 118 valence electrons. The Morgan fingerprint density at radius 2 is 2.00 bits per heavy atom. The molecule has 0 radical (unpaired) electrons. The number of benzene rings is 1. The Bertz CT molecular complexity index is 628. The van der Waals surface area contributed by atoms with Crippen LogP contribution in [0, 0.1) is 10.1 Å². The molecule has 9 heteroatoms. The molecule has 0 bridgehead atoms. The number of aliphatic carboxylic acids is 1. The highest BCUT2D eigenvalue weighted by molar-refractivity contribution is 7.99. The summed E-state index contributed by atoms with van der Waals surface area (Å²) >= 11 is 1.63. The quantitative estimate of drug-likeness (QED) is 0.430. The number of carboxylic acid groups (broad SMARTS) is 1. The Balaban J connectivity index is 2.26. The minimum absolute atomic E-state index is 0.0137. The lowest BCUT2D eigenvalue weighted by atomic mass is 9.91. The van der Waals surface area contributed by atoms with Gasteiger partial charge >= 0.3 is 5.97 Å². The van der Waals surface area contributed by atoms with Gasteiger partial charge in [0.2, 0.25) is 0 Å². The number of nitrogens with zero attached hydrogens (tertiary/aromatic N) is 1. The van der Waals surface area contributed by atoms with Gasteiger partial charge in [-0.2, -0.15) is 11.8 Å². The van der Waals surface area contributed by atoms with Crippen molar-refractivity contribution < 1.29 is 19.6 Å². The number of carboxylic acids is 1. The summed E-state index contributed by atoms with van der Waals surface area (Å²) in [7, 11) is 0. The Hall–Kier alpha value is -2.29. The first-order valence-corrected chi connectivity index (χ1v) is 7.69. The lowest BCUT2D eigenvalue weighted by molar-refractivity contribution is -0.383. The summed E-state index contributed by atoms with van der Waals surface area (Å²) in [6.45, 7) is 0. The van der Waals surface area contributed by atoms with Gasteiger partial charge in [0.1, 0.15) is 11.2 Å². The lowest BCUT2D eigenvalue weighted by Gasteiger charge is -2.33. The summed E-state index contributed by atoms with van der Waals surface area (Å²) < 4.78 is 0. The lowest BCUT2D eigenvalue weighted by Crippen LogP contribution is -2.56. The summed E-state index contributed by atoms with van der Waals surface area (Å²) in [4.78, 5) is 34.0. The van der Waals surface area contributed by atoms with Crippen molar-refractivity contribution in [1.29, 1.82) is 0 Å². The predicted molar refractivity (Wildman–Crippen MR) is 81.9 cm³/mol. The third kappa shape index (κ3) is 3.14.